The molecule has 4 heteroatoms. The molecule has 1 aliphatic rings. The number of rotatable bonds is 4. The van der Waals surface area contributed by atoms with Gasteiger partial charge in [0.15, 0.2) is 0 Å². The van der Waals surface area contributed by atoms with E-state index < -0.39 is 0 Å². The Morgan fingerprint density at radius 2 is 2.00 bits per heavy atom. The molecule has 0 bridgehead atoms. The maximum atomic E-state index is 5.74. The van der Waals surface area contributed by atoms with Crippen LogP contribution in [0.1, 0.15) is 58.2 Å². The van der Waals surface area contributed by atoms with Crippen molar-refractivity contribution < 1.29 is 4.42 Å². The summed E-state index contributed by atoms with van der Waals surface area (Å²) in [7, 11) is 0. The van der Waals surface area contributed by atoms with Crippen LogP contribution in [0.25, 0.3) is 0 Å². The minimum Gasteiger partial charge on any atom is -0.423 e. The van der Waals surface area contributed by atoms with Crippen LogP contribution in [0.5, 0.6) is 0 Å². The van der Waals surface area contributed by atoms with Gasteiger partial charge in [0, 0.05) is 11.5 Å². The molecule has 1 saturated carbocycles. The Kier molecular flexibility index (Phi) is 3.28. The van der Waals surface area contributed by atoms with Crippen LogP contribution < -0.4 is 5.32 Å². The highest BCUT2D eigenvalue weighted by Crippen LogP contribution is 2.39. The molecule has 0 spiro atoms. The van der Waals surface area contributed by atoms with Crippen molar-refractivity contribution in [1.82, 2.24) is 15.5 Å². The van der Waals surface area contributed by atoms with Crippen LogP contribution >= 0.6 is 0 Å². The molecule has 1 aromatic heterocycles. The fourth-order valence-corrected chi connectivity index (χ4v) is 2.23. The van der Waals surface area contributed by atoms with Gasteiger partial charge in [-0.2, -0.15) is 0 Å². The van der Waals surface area contributed by atoms with Crippen LogP contribution in [0.2, 0.25) is 0 Å². The van der Waals surface area contributed by atoms with E-state index in [-0.39, 0.29) is 5.41 Å². The molecule has 1 N–H and O–H groups in total. The lowest BCUT2D eigenvalue weighted by Crippen LogP contribution is -2.22. The molecule has 4 nitrogen and oxygen atoms in total. The van der Waals surface area contributed by atoms with E-state index in [1.807, 2.05) is 0 Å². The van der Waals surface area contributed by atoms with Gasteiger partial charge >= 0.3 is 0 Å². The van der Waals surface area contributed by atoms with Crippen molar-refractivity contribution in [3.63, 3.8) is 0 Å². The zero-order chi connectivity index (χ0) is 11.6. The average Bonchev–Trinajstić information content (AvgIpc) is 2.84. The van der Waals surface area contributed by atoms with Crippen LogP contribution in [0.4, 0.5) is 0 Å². The molecule has 0 aromatic carbocycles. The van der Waals surface area contributed by atoms with Crippen molar-refractivity contribution >= 4 is 0 Å². The van der Waals surface area contributed by atoms with E-state index >= 15 is 0 Å². The molecule has 90 valence electrons. The third kappa shape index (κ3) is 2.43. The molecular formula is C12H21N3O. The van der Waals surface area contributed by atoms with E-state index in [0.717, 1.165) is 5.89 Å². The van der Waals surface area contributed by atoms with Gasteiger partial charge in [0.2, 0.25) is 11.8 Å². The van der Waals surface area contributed by atoms with E-state index in [4.69, 9.17) is 4.42 Å². The second-order valence-corrected chi connectivity index (χ2v) is 5.30. The number of nitrogens with zero attached hydrogens (tertiary/aromatic N) is 2. The maximum absolute atomic E-state index is 5.74. The predicted octanol–water partition coefficient (Wildman–Crippen LogP) is 2.40. The Morgan fingerprint density at radius 3 is 2.62 bits per heavy atom. The van der Waals surface area contributed by atoms with Crippen molar-refractivity contribution in [1.29, 1.82) is 0 Å². The first kappa shape index (κ1) is 11.6. The molecule has 0 amide bonds. The van der Waals surface area contributed by atoms with Crippen molar-refractivity contribution in [2.24, 2.45) is 0 Å². The molecule has 0 atom stereocenters. The fourth-order valence-electron chi connectivity index (χ4n) is 2.23. The molecule has 0 aliphatic heterocycles. The average molecular weight is 223 g/mol. The van der Waals surface area contributed by atoms with Gasteiger partial charge in [-0.3, -0.25) is 0 Å². The summed E-state index contributed by atoms with van der Waals surface area (Å²) in [5.41, 5.74) is 0.128. The smallest absolute Gasteiger partial charge is 0.230 e. The normalized spacial score (nSPS) is 19.5. The first-order valence-corrected chi connectivity index (χ1v) is 6.16. The summed E-state index contributed by atoms with van der Waals surface area (Å²) in [6.45, 7) is 7.11. The number of hydrogen-bond acceptors (Lipinski definition) is 4. The first-order chi connectivity index (χ1) is 7.60. The van der Waals surface area contributed by atoms with Crippen LogP contribution in [-0.4, -0.2) is 16.2 Å². The lowest BCUT2D eigenvalue weighted by Gasteiger charge is -2.17. The van der Waals surface area contributed by atoms with Gasteiger partial charge in [-0.15, -0.1) is 10.2 Å². The van der Waals surface area contributed by atoms with Gasteiger partial charge < -0.3 is 9.73 Å². The monoisotopic (exact) mass is 223 g/mol. The third-order valence-electron chi connectivity index (χ3n) is 3.35. The van der Waals surface area contributed by atoms with E-state index in [0.29, 0.717) is 18.5 Å². The van der Waals surface area contributed by atoms with Crippen LogP contribution in [0.3, 0.4) is 0 Å². The highest BCUT2D eigenvalue weighted by atomic mass is 16.4. The van der Waals surface area contributed by atoms with E-state index in [1.165, 1.54) is 25.7 Å². The molecule has 1 heterocycles. The van der Waals surface area contributed by atoms with Crippen molar-refractivity contribution in [3.05, 3.63) is 11.8 Å². The maximum Gasteiger partial charge on any atom is 0.230 e. The molecule has 2 rings (SSSR count). The summed E-state index contributed by atoms with van der Waals surface area (Å²) < 4.78 is 5.74. The predicted molar refractivity (Wildman–Crippen MR) is 62.1 cm³/mol. The number of hydrogen-bond donors (Lipinski definition) is 1. The largest absolute Gasteiger partial charge is 0.423 e. The summed E-state index contributed by atoms with van der Waals surface area (Å²) in [5.74, 6) is 1.53. The third-order valence-corrected chi connectivity index (χ3v) is 3.35. The van der Waals surface area contributed by atoms with Gasteiger partial charge in [0.05, 0.1) is 6.54 Å². The molecule has 0 radical (unpaired) electrons. The molecule has 1 aromatic rings. The molecule has 0 saturated heterocycles. The van der Waals surface area contributed by atoms with Crippen LogP contribution in [-0.2, 0) is 12.0 Å². The highest BCUT2D eigenvalue weighted by molar-refractivity contribution is 5.04. The van der Waals surface area contributed by atoms with Gasteiger partial charge in [-0.1, -0.05) is 33.6 Å². The molecule has 16 heavy (non-hydrogen) atoms. The van der Waals surface area contributed by atoms with E-state index in [1.54, 1.807) is 0 Å². The lowest BCUT2D eigenvalue weighted by atomic mass is 9.89. The molecule has 0 unspecified atom stereocenters. The summed E-state index contributed by atoms with van der Waals surface area (Å²) in [5, 5.41) is 11.6. The van der Waals surface area contributed by atoms with Gasteiger partial charge in [-0.25, -0.2) is 0 Å². The number of aromatic nitrogens is 2. The van der Waals surface area contributed by atoms with E-state index in [9.17, 15) is 0 Å². The second-order valence-electron chi connectivity index (χ2n) is 5.30. The number of nitrogens with one attached hydrogen (secondary N) is 1. The van der Waals surface area contributed by atoms with Crippen molar-refractivity contribution in [3.8, 4) is 0 Å². The molecule has 1 aliphatic carbocycles. The van der Waals surface area contributed by atoms with Crippen LogP contribution in [0.15, 0.2) is 4.42 Å². The molecular weight excluding hydrogens is 202 g/mol. The van der Waals surface area contributed by atoms with Crippen molar-refractivity contribution in [2.75, 3.05) is 0 Å². The highest BCUT2D eigenvalue weighted by Gasteiger charge is 2.35. The minimum absolute atomic E-state index is 0.128. The summed E-state index contributed by atoms with van der Waals surface area (Å²) in [6.07, 6.45) is 4.90. The zero-order valence-corrected chi connectivity index (χ0v) is 10.4. The Morgan fingerprint density at radius 1 is 1.31 bits per heavy atom. The van der Waals surface area contributed by atoms with E-state index in [2.05, 4.69) is 36.3 Å². The van der Waals surface area contributed by atoms with Crippen molar-refractivity contribution in [2.45, 2.75) is 64.5 Å². The van der Waals surface area contributed by atoms with Gasteiger partial charge in [0.1, 0.15) is 0 Å². The summed E-state index contributed by atoms with van der Waals surface area (Å²) >= 11 is 0. The Labute approximate surface area is 96.8 Å². The standard InChI is InChI=1S/C12H21N3O/c1-9(2)13-8-10-14-15-11(16-10)12(3)6-4-5-7-12/h9,13H,4-8H2,1-3H3. The zero-order valence-electron chi connectivity index (χ0n) is 10.4. The lowest BCUT2D eigenvalue weighted by molar-refractivity contribution is 0.330. The Balaban J connectivity index is 2.01. The Bertz CT molecular complexity index is 340. The second kappa shape index (κ2) is 4.53. The molecule has 1 fully saturated rings. The SMILES string of the molecule is CC(C)NCc1nnc(C2(C)CCCC2)o1. The first-order valence-electron chi connectivity index (χ1n) is 6.16. The quantitative estimate of drug-likeness (QED) is 0.851. The topological polar surface area (TPSA) is 51.0 Å². The van der Waals surface area contributed by atoms with Crippen LogP contribution in [0, 0.1) is 0 Å². The fraction of sp³-hybridized carbons (Fsp3) is 0.833. The Hall–Kier alpha value is -0.900. The van der Waals surface area contributed by atoms with Gasteiger partial charge in [0.25, 0.3) is 0 Å². The summed E-state index contributed by atoms with van der Waals surface area (Å²) in [4.78, 5) is 0. The van der Waals surface area contributed by atoms with Gasteiger partial charge in [-0.05, 0) is 12.8 Å². The summed E-state index contributed by atoms with van der Waals surface area (Å²) in [6, 6.07) is 0.442. The minimum atomic E-state index is 0.128.